The predicted octanol–water partition coefficient (Wildman–Crippen LogP) is 7.79. The summed E-state index contributed by atoms with van der Waals surface area (Å²) in [5, 5.41) is 16.0. The maximum Gasteiger partial charge on any atom is 0.269 e. The molecule has 5 heteroatoms. The second-order valence-corrected chi connectivity index (χ2v) is 9.56. The van der Waals surface area contributed by atoms with E-state index in [4.69, 9.17) is 9.47 Å². The molecule has 0 radical (unpaired) electrons. The number of nitrogens with zero attached hydrogens (tertiary/aromatic N) is 1. The molecule has 0 amide bonds. The molecule has 5 nitrogen and oxygen atoms in total. The van der Waals surface area contributed by atoms with Gasteiger partial charge in [-0.1, -0.05) is 66.7 Å². The van der Waals surface area contributed by atoms with Gasteiger partial charge in [-0.3, -0.25) is 10.1 Å². The Hall–Kier alpha value is -4.38. The van der Waals surface area contributed by atoms with Gasteiger partial charge in [0.25, 0.3) is 5.69 Å². The summed E-state index contributed by atoms with van der Waals surface area (Å²) in [4.78, 5) is 11.2. The van der Waals surface area contributed by atoms with Crippen LogP contribution in [0.25, 0.3) is 32.7 Å². The standard InChI is InChI=1S/C31H23NO4/c33-32(34)22-15-12-21-8-5-11-25(26(21)18-22)31-35-27-16-13-19-6-1-3-9-23(19)29(27)30-24-10-4-2-7-20(24)14-17-28(30)36-31/h1-4,6-7,9-10,12-18,25,31H,5,8,11H2. The molecule has 5 aromatic carbocycles. The van der Waals surface area contributed by atoms with Crippen molar-refractivity contribution >= 4 is 27.2 Å². The van der Waals surface area contributed by atoms with E-state index in [1.165, 1.54) is 0 Å². The van der Waals surface area contributed by atoms with Gasteiger partial charge >= 0.3 is 0 Å². The highest BCUT2D eigenvalue weighted by Crippen LogP contribution is 2.50. The first kappa shape index (κ1) is 20.9. The number of hydrogen-bond donors (Lipinski definition) is 0. The highest BCUT2D eigenvalue weighted by molar-refractivity contribution is 6.09. The van der Waals surface area contributed by atoms with Crippen LogP contribution in [0.5, 0.6) is 11.5 Å². The first-order valence-corrected chi connectivity index (χ1v) is 12.3. The number of aryl methyl sites for hydroxylation is 1. The second kappa shape index (κ2) is 8.09. The summed E-state index contributed by atoms with van der Waals surface area (Å²) in [6.45, 7) is 0. The molecular formula is C31H23NO4. The minimum atomic E-state index is -0.603. The molecule has 5 aromatic rings. The number of nitro groups is 1. The van der Waals surface area contributed by atoms with Crippen LogP contribution < -0.4 is 9.47 Å². The summed E-state index contributed by atoms with van der Waals surface area (Å²) in [5.41, 5.74) is 4.24. The Morgan fingerprint density at radius 1 is 0.750 bits per heavy atom. The fourth-order valence-electron chi connectivity index (χ4n) is 5.87. The van der Waals surface area contributed by atoms with E-state index in [1.54, 1.807) is 12.1 Å². The molecule has 0 N–H and O–H groups in total. The van der Waals surface area contributed by atoms with Crippen molar-refractivity contribution in [3.05, 3.63) is 112 Å². The van der Waals surface area contributed by atoms with Crippen molar-refractivity contribution in [2.45, 2.75) is 31.5 Å². The third kappa shape index (κ3) is 3.23. The molecule has 1 unspecified atom stereocenters. The number of ether oxygens (including phenoxy) is 2. The fraction of sp³-hybridized carbons (Fsp3) is 0.161. The molecule has 1 aliphatic heterocycles. The SMILES string of the molecule is O=[N+]([O-])c1ccc2c(c1)C(C1Oc3ccc4ccccc4c3-c3c(ccc4ccccc34)O1)CCC2. The minimum absolute atomic E-state index is 0.104. The Kier molecular flexibility index (Phi) is 4.71. The molecule has 0 spiro atoms. The lowest BCUT2D eigenvalue weighted by atomic mass is 9.82. The van der Waals surface area contributed by atoms with E-state index >= 15 is 0 Å². The third-order valence-electron chi connectivity index (χ3n) is 7.55. The smallest absolute Gasteiger partial charge is 0.269 e. The molecule has 36 heavy (non-hydrogen) atoms. The van der Waals surface area contributed by atoms with Gasteiger partial charge in [0.05, 0.1) is 10.8 Å². The zero-order valence-electron chi connectivity index (χ0n) is 19.5. The van der Waals surface area contributed by atoms with Gasteiger partial charge in [0, 0.05) is 23.3 Å². The number of rotatable bonds is 2. The van der Waals surface area contributed by atoms with E-state index in [9.17, 15) is 10.1 Å². The van der Waals surface area contributed by atoms with Crippen molar-refractivity contribution in [3.63, 3.8) is 0 Å². The highest BCUT2D eigenvalue weighted by Gasteiger charge is 2.36. The Labute approximate surface area is 208 Å². The van der Waals surface area contributed by atoms with E-state index in [1.807, 2.05) is 42.5 Å². The Morgan fingerprint density at radius 2 is 1.36 bits per heavy atom. The normalized spacial score (nSPS) is 16.8. The third-order valence-corrected chi connectivity index (χ3v) is 7.55. The Bertz CT molecular complexity index is 1590. The topological polar surface area (TPSA) is 61.6 Å². The molecule has 176 valence electrons. The molecule has 7 rings (SSSR count). The van der Waals surface area contributed by atoms with E-state index in [2.05, 4.69) is 36.4 Å². The number of benzene rings is 5. The second-order valence-electron chi connectivity index (χ2n) is 9.56. The van der Waals surface area contributed by atoms with Gasteiger partial charge < -0.3 is 9.47 Å². The Morgan fingerprint density at radius 3 is 1.97 bits per heavy atom. The summed E-state index contributed by atoms with van der Waals surface area (Å²) in [6, 6.07) is 30.1. The molecule has 0 saturated carbocycles. The van der Waals surface area contributed by atoms with Crippen molar-refractivity contribution in [3.8, 4) is 22.6 Å². The number of non-ortho nitro benzene ring substituents is 1. The van der Waals surface area contributed by atoms with Crippen molar-refractivity contribution in [1.82, 2.24) is 0 Å². The molecule has 1 heterocycles. The van der Waals surface area contributed by atoms with Gasteiger partial charge in [-0.05, 0) is 64.1 Å². The van der Waals surface area contributed by atoms with Gasteiger partial charge in [-0.25, -0.2) is 0 Å². The van der Waals surface area contributed by atoms with Gasteiger partial charge in [0.2, 0.25) is 6.29 Å². The summed E-state index contributed by atoms with van der Waals surface area (Å²) in [7, 11) is 0. The lowest BCUT2D eigenvalue weighted by Gasteiger charge is -2.31. The van der Waals surface area contributed by atoms with Crippen LogP contribution in [0, 0.1) is 10.1 Å². The Balaban J connectivity index is 1.46. The van der Waals surface area contributed by atoms with Gasteiger partial charge in [-0.2, -0.15) is 0 Å². The maximum absolute atomic E-state index is 11.5. The lowest BCUT2D eigenvalue weighted by molar-refractivity contribution is -0.385. The minimum Gasteiger partial charge on any atom is -0.454 e. The van der Waals surface area contributed by atoms with E-state index in [0.29, 0.717) is 0 Å². The fourth-order valence-corrected chi connectivity index (χ4v) is 5.87. The molecule has 0 aromatic heterocycles. The summed E-state index contributed by atoms with van der Waals surface area (Å²) in [6.07, 6.45) is 2.12. The van der Waals surface area contributed by atoms with Crippen LogP contribution >= 0.6 is 0 Å². The van der Waals surface area contributed by atoms with Crippen LogP contribution in [-0.2, 0) is 6.42 Å². The van der Waals surface area contributed by atoms with E-state index < -0.39 is 6.29 Å². The van der Waals surface area contributed by atoms with Crippen LogP contribution in [-0.4, -0.2) is 11.2 Å². The van der Waals surface area contributed by atoms with Crippen molar-refractivity contribution in [2.75, 3.05) is 0 Å². The average Bonchev–Trinajstić information content (AvgIpc) is 3.09. The molecule has 1 atom stereocenters. The molecule has 0 saturated heterocycles. The van der Waals surface area contributed by atoms with Gasteiger partial charge in [-0.15, -0.1) is 0 Å². The summed E-state index contributed by atoms with van der Waals surface area (Å²) in [5.74, 6) is 1.42. The molecule has 0 bridgehead atoms. The quantitative estimate of drug-likeness (QED) is 0.194. The van der Waals surface area contributed by atoms with E-state index in [0.717, 1.165) is 74.6 Å². The molecule has 0 fully saturated rings. The van der Waals surface area contributed by atoms with Crippen molar-refractivity contribution < 1.29 is 14.4 Å². The lowest BCUT2D eigenvalue weighted by Crippen LogP contribution is -2.33. The first-order valence-electron chi connectivity index (χ1n) is 12.3. The van der Waals surface area contributed by atoms with Crippen LogP contribution in [0.4, 0.5) is 5.69 Å². The first-order chi connectivity index (χ1) is 17.7. The monoisotopic (exact) mass is 473 g/mol. The number of hydrogen-bond acceptors (Lipinski definition) is 4. The van der Waals surface area contributed by atoms with E-state index in [-0.39, 0.29) is 16.5 Å². The van der Waals surface area contributed by atoms with Crippen LogP contribution in [0.2, 0.25) is 0 Å². The number of fused-ring (bicyclic) bond motifs is 8. The van der Waals surface area contributed by atoms with Gasteiger partial charge in [0.1, 0.15) is 11.5 Å². The van der Waals surface area contributed by atoms with Gasteiger partial charge in [0.15, 0.2) is 0 Å². The predicted molar refractivity (Wildman–Crippen MR) is 141 cm³/mol. The molecule has 2 aliphatic rings. The largest absolute Gasteiger partial charge is 0.454 e. The molecule has 1 aliphatic carbocycles. The highest BCUT2D eigenvalue weighted by atomic mass is 16.7. The van der Waals surface area contributed by atoms with Crippen LogP contribution in [0.15, 0.2) is 91.0 Å². The zero-order valence-corrected chi connectivity index (χ0v) is 19.5. The maximum atomic E-state index is 11.5. The van der Waals surface area contributed by atoms with Crippen molar-refractivity contribution in [1.29, 1.82) is 0 Å². The van der Waals surface area contributed by atoms with Crippen LogP contribution in [0.3, 0.4) is 0 Å². The molecular weight excluding hydrogens is 450 g/mol. The van der Waals surface area contributed by atoms with Crippen molar-refractivity contribution in [2.24, 2.45) is 0 Å². The average molecular weight is 474 g/mol. The summed E-state index contributed by atoms with van der Waals surface area (Å²) >= 11 is 0. The zero-order chi connectivity index (χ0) is 24.2. The van der Waals surface area contributed by atoms with Crippen LogP contribution in [0.1, 0.15) is 29.9 Å². The number of nitro benzene ring substituents is 1. The summed E-state index contributed by atoms with van der Waals surface area (Å²) < 4.78 is 13.4.